The molecule has 1 aliphatic rings. The van der Waals surface area contributed by atoms with Gasteiger partial charge in [-0.3, -0.25) is 4.79 Å². The molecular weight excluding hydrogens is 306 g/mol. The fourth-order valence-electron chi connectivity index (χ4n) is 3.35. The molecule has 1 fully saturated rings. The molecule has 2 heterocycles. The summed E-state index contributed by atoms with van der Waals surface area (Å²) in [5.41, 5.74) is 1.31. The van der Waals surface area contributed by atoms with E-state index < -0.39 is 0 Å². The molecule has 0 atom stereocenters. The van der Waals surface area contributed by atoms with E-state index >= 15 is 0 Å². The van der Waals surface area contributed by atoms with Crippen molar-refractivity contribution in [1.82, 2.24) is 9.78 Å². The van der Waals surface area contributed by atoms with Crippen molar-refractivity contribution in [3.05, 3.63) is 33.6 Å². The van der Waals surface area contributed by atoms with E-state index in [-0.39, 0.29) is 5.91 Å². The molecule has 1 N–H and O–H groups in total. The fraction of sp³-hybridized carbons (Fsp3) is 0.556. The molecule has 1 aliphatic carbocycles. The van der Waals surface area contributed by atoms with Crippen LogP contribution >= 0.6 is 11.3 Å². The number of nitrogens with one attached hydrogen (secondary N) is 1. The summed E-state index contributed by atoms with van der Waals surface area (Å²) in [6.45, 7) is 4.33. The number of amides is 1. The quantitative estimate of drug-likeness (QED) is 0.824. The highest BCUT2D eigenvalue weighted by atomic mass is 32.1. The first-order valence-corrected chi connectivity index (χ1v) is 9.51. The van der Waals surface area contributed by atoms with Crippen LogP contribution in [0.15, 0.2) is 18.3 Å². The maximum absolute atomic E-state index is 12.6. The second-order valence-corrected chi connectivity index (χ2v) is 7.35. The van der Waals surface area contributed by atoms with Crippen molar-refractivity contribution in [2.45, 2.75) is 64.8 Å². The number of thiophene rings is 1. The Morgan fingerprint density at radius 2 is 2.17 bits per heavy atom. The Labute approximate surface area is 141 Å². The molecular formula is C18H25N3OS. The van der Waals surface area contributed by atoms with Gasteiger partial charge in [0, 0.05) is 10.9 Å². The summed E-state index contributed by atoms with van der Waals surface area (Å²) in [6.07, 6.45) is 9.76. The van der Waals surface area contributed by atoms with Gasteiger partial charge in [-0.2, -0.15) is 5.10 Å². The summed E-state index contributed by atoms with van der Waals surface area (Å²) in [4.78, 5) is 14.8. The zero-order chi connectivity index (χ0) is 16.2. The van der Waals surface area contributed by atoms with Crippen molar-refractivity contribution in [3.8, 4) is 0 Å². The smallest absolute Gasteiger partial charge is 0.266 e. The lowest BCUT2D eigenvalue weighted by atomic mass is 10.1. The van der Waals surface area contributed by atoms with E-state index in [0.717, 1.165) is 42.8 Å². The van der Waals surface area contributed by atoms with Crippen LogP contribution in [0.25, 0.3) is 0 Å². The second-order valence-electron chi connectivity index (χ2n) is 6.22. The zero-order valence-electron chi connectivity index (χ0n) is 14.0. The van der Waals surface area contributed by atoms with Crippen LogP contribution in [0.3, 0.4) is 0 Å². The number of rotatable bonds is 6. The minimum atomic E-state index is -0.00759. The zero-order valence-corrected chi connectivity index (χ0v) is 14.8. The van der Waals surface area contributed by atoms with Crippen molar-refractivity contribution in [2.24, 2.45) is 0 Å². The minimum Gasteiger partial charge on any atom is -0.306 e. The molecule has 0 unspecified atom stereocenters. The van der Waals surface area contributed by atoms with Crippen LogP contribution in [-0.4, -0.2) is 15.7 Å². The Bertz CT molecular complexity index is 668. The molecule has 5 heteroatoms. The molecule has 23 heavy (non-hydrogen) atoms. The molecule has 124 valence electrons. The summed E-state index contributed by atoms with van der Waals surface area (Å²) in [7, 11) is 0. The Morgan fingerprint density at radius 3 is 2.87 bits per heavy atom. The summed E-state index contributed by atoms with van der Waals surface area (Å²) < 4.78 is 1.99. The van der Waals surface area contributed by atoms with Gasteiger partial charge in [-0.05, 0) is 37.3 Å². The van der Waals surface area contributed by atoms with Gasteiger partial charge in [-0.25, -0.2) is 4.68 Å². The first kappa shape index (κ1) is 16.2. The average Bonchev–Trinajstić information content (AvgIpc) is 3.27. The van der Waals surface area contributed by atoms with Gasteiger partial charge in [-0.1, -0.05) is 33.1 Å². The molecule has 0 aromatic carbocycles. The van der Waals surface area contributed by atoms with Crippen LogP contribution in [0.2, 0.25) is 0 Å². The van der Waals surface area contributed by atoms with Gasteiger partial charge in [0.25, 0.3) is 5.91 Å². The Kier molecular flexibility index (Phi) is 5.16. The van der Waals surface area contributed by atoms with Crippen molar-refractivity contribution >= 4 is 23.1 Å². The molecule has 1 saturated carbocycles. The standard InChI is InChI=1S/C18H25N3OS/c1-3-7-15-13(4-2)12-16(23-15)18(22)20-17-10-11-19-21(17)14-8-5-6-9-14/h10-12,14H,3-9H2,1-2H3,(H,20,22). The first-order valence-electron chi connectivity index (χ1n) is 8.69. The van der Waals surface area contributed by atoms with Gasteiger partial charge in [0.15, 0.2) is 0 Å². The number of carbonyl (C=O) groups is 1. The highest BCUT2D eigenvalue weighted by molar-refractivity contribution is 7.14. The summed E-state index contributed by atoms with van der Waals surface area (Å²) in [5.74, 6) is 0.817. The van der Waals surface area contributed by atoms with Gasteiger partial charge in [0.2, 0.25) is 0 Å². The third-order valence-electron chi connectivity index (χ3n) is 4.56. The summed E-state index contributed by atoms with van der Waals surface area (Å²) in [6, 6.07) is 4.39. The van der Waals surface area contributed by atoms with E-state index in [1.807, 2.05) is 10.7 Å². The number of anilines is 1. The maximum atomic E-state index is 12.6. The number of aromatic nitrogens is 2. The molecule has 0 aliphatic heterocycles. The van der Waals surface area contributed by atoms with Gasteiger partial charge >= 0.3 is 0 Å². The molecule has 2 aromatic heterocycles. The lowest BCUT2D eigenvalue weighted by Gasteiger charge is -2.14. The van der Waals surface area contributed by atoms with Crippen LogP contribution in [-0.2, 0) is 12.8 Å². The molecule has 0 radical (unpaired) electrons. The molecule has 0 saturated heterocycles. The van der Waals surface area contributed by atoms with E-state index in [9.17, 15) is 4.79 Å². The third kappa shape index (κ3) is 3.50. The maximum Gasteiger partial charge on any atom is 0.266 e. The average molecular weight is 331 g/mol. The van der Waals surface area contributed by atoms with Crippen LogP contribution in [0.5, 0.6) is 0 Å². The van der Waals surface area contributed by atoms with Crippen molar-refractivity contribution < 1.29 is 4.79 Å². The first-order chi connectivity index (χ1) is 11.2. The topological polar surface area (TPSA) is 46.9 Å². The number of nitrogens with zero attached hydrogens (tertiary/aromatic N) is 2. The number of hydrogen-bond acceptors (Lipinski definition) is 3. The Hall–Kier alpha value is -1.62. The lowest BCUT2D eigenvalue weighted by Crippen LogP contribution is -2.16. The molecule has 1 amide bonds. The highest BCUT2D eigenvalue weighted by Crippen LogP contribution is 2.31. The Morgan fingerprint density at radius 1 is 1.39 bits per heavy atom. The number of aryl methyl sites for hydroxylation is 2. The summed E-state index contributed by atoms with van der Waals surface area (Å²) in [5, 5.41) is 7.48. The molecule has 2 aromatic rings. The predicted octanol–water partition coefficient (Wildman–Crippen LogP) is 4.83. The summed E-state index contributed by atoms with van der Waals surface area (Å²) >= 11 is 1.64. The number of carbonyl (C=O) groups excluding carboxylic acids is 1. The van der Waals surface area contributed by atoms with E-state index in [2.05, 4.69) is 30.3 Å². The SMILES string of the molecule is CCCc1sc(C(=O)Nc2ccnn2C2CCCC2)cc1CC. The van der Waals surface area contributed by atoms with Gasteiger partial charge in [-0.15, -0.1) is 11.3 Å². The van der Waals surface area contributed by atoms with Crippen LogP contribution in [0.1, 0.15) is 72.1 Å². The van der Waals surface area contributed by atoms with Gasteiger partial charge < -0.3 is 5.32 Å². The fourth-order valence-corrected chi connectivity index (χ4v) is 4.60. The van der Waals surface area contributed by atoms with Crippen LogP contribution in [0, 0.1) is 0 Å². The van der Waals surface area contributed by atoms with Gasteiger partial charge in [0.1, 0.15) is 5.82 Å². The van der Waals surface area contributed by atoms with Crippen molar-refractivity contribution in [1.29, 1.82) is 0 Å². The lowest BCUT2D eigenvalue weighted by molar-refractivity contribution is 0.102. The highest BCUT2D eigenvalue weighted by Gasteiger charge is 2.21. The third-order valence-corrected chi connectivity index (χ3v) is 5.80. The van der Waals surface area contributed by atoms with E-state index in [1.54, 1.807) is 17.5 Å². The second kappa shape index (κ2) is 7.30. The monoisotopic (exact) mass is 331 g/mol. The van der Waals surface area contributed by atoms with E-state index in [1.165, 1.54) is 23.3 Å². The predicted molar refractivity (Wildman–Crippen MR) is 95.4 cm³/mol. The van der Waals surface area contributed by atoms with Gasteiger partial charge in [0.05, 0.1) is 17.1 Å². The van der Waals surface area contributed by atoms with E-state index in [4.69, 9.17) is 0 Å². The van der Waals surface area contributed by atoms with E-state index in [0.29, 0.717) is 6.04 Å². The molecule has 3 rings (SSSR count). The van der Waals surface area contributed by atoms with Crippen LogP contribution < -0.4 is 5.32 Å². The molecule has 4 nitrogen and oxygen atoms in total. The Balaban J connectivity index is 1.76. The van der Waals surface area contributed by atoms with Crippen LogP contribution in [0.4, 0.5) is 5.82 Å². The molecule has 0 bridgehead atoms. The van der Waals surface area contributed by atoms with Crippen molar-refractivity contribution in [3.63, 3.8) is 0 Å². The molecule has 0 spiro atoms. The minimum absolute atomic E-state index is 0.00759. The largest absolute Gasteiger partial charge is 0.306 e. The number of hydrogen-bond donors (Lipinski definition) is 1. The normalized spacial score (nSPS) is 15.2. The van der Waals surface area contributed by atoms with Crippen molar-refractivity contribution in [2.75, 3.05) is 5.32 Å².